The van der Waals surface area contributed by atoms with Crippen molar-refractivity contribution in [1.29, 1.82) is 0 Å². The van der Waals surface area contributed by atoms with E-state index in [9.17, 15) is 17.6 Å². The smallest absolute Gasteiger partial charge is 0.274 e. The van der Waals surface area contributed by atoms with Gasteiger partial charge in [-0.3, -0.25) is 9.10 Å². The highest BCUT2D eigenvalue weighted by Crippen LogP contribution is 2.27. The Hall–Kier alpha value is -2.71. The van der Waals surface area contributed by atoms with Gasteiger partial charge >= 0.3 is 0 Å². The fraction of sp³-hybridized carbons (Fsp3) is 0.190. The van der Waals surface area contributed by atoms with Crippen LogP contribution < -0.4 is 4.31 Å². The number of rotatable bonds is 7. The van der Waals surface area contributed by atoms with E-state index in [0.29, 0.717) is 6.54 Å². The molecule has 0 spiro atoms. The van der Waals surface area contributed by atoms with Gasteiger partial charge in [0.15, 0.2) is 0 Å². The average molecular weight is 433 g/mol. The minimum Gasteiger partial charge on any atom is -0.340 e. The zero-order valence-corrected chi connectivity index (χ0v) is 17.7. The predicted molar refractivity (Wildman–Crippen MR) is 113 cm³/mol. The van der Waals surface area contributed by atoms with E-state index in [1.165, 1.54) is 35.2 Å². The second-order valence-corrected chi connectivity index (χ2v) is 9.69. The first-order valence-corrected chi connectivity index (χ1v) is 11.2. The number of nitrogens with zero attached hydrogens (tertiary/aromatic N) is 2. The van der Waals surface area contributed by atoms with Crippen LogP contribution in [-0.4, -0.2) is 32.8 Å². The van der Waals surface area contributed by atoms with Crippen molar-refractivity contribution in [3.63, 3.8) is 0 Å². The number of thiophene rings is 1. The lowest BCUT2D eigenvalue weighted by atomic mass is 10.1. The maximum Gasteiger partial charge on any atom is 0.274 e. The highest BCUT2D eigenvalue weighted by Gasteiger charge is 2.29. The summed E-state index contributed by atoms with van der Waals surface area (Å²) >= 11 is 1.07. The lowest BCUT2D eigenvalue weighted by Crippen LogP contribution is -2.41. The van der Waals surface area contributed by atoms with Crippen LogP contribution in [0.25, 0.3) is 0 Å². The van der Waals surface area contributed by atoms with E-state index in [2.05, 4.69) is 0 Å². The summed E-state index contributed by atoms with van der Waals surface area (Å²) in [5.41, 5.74) is 2.30. The molecule has 1 heterocycles. The number of halogens is 1. The summed E-state index contributed by atoms with van der Waals surface area (Å²) in [6, 6.07) is 15.9. The third-order valence-corrected chi connectivity index (χ3v) is 7.55. The normalized spacial score (nSPS) is 11.3. The largest absolute Gasteiger partial charge is 0.340 e. The Morgan fingerprint density at radius 3 is 2.28 bits per heavy atom. The lowest BCUT2D eigenvalue weighted by Gasteiger charge is -2.26. The molecule has 0 fully saturated rings. The Balaban J connectivity index is 1.85. The number of carbonyl (C=O) groups is 1. The predicted octanol–water partition coefficient (Wildman–Crippen LogP) is 4.05. The van der Waals surface area contributed by atoms with Crippen LogP contribution in [0.2, 0.25) is 0 Å². The molecule has 2 aromatic carbocycles. The van der Waals surface area contributed by atoms with Crippen molar-refractivity contribution >= 4 is 33.0 Å². The number of carbonyl (C=O) groups excluding carboxylic acids is 1. The molecule has 1 amide bonds. The Morgan fingerprint density at radius 2 is 1.69 bits per heavy atom. The van der Waals surface area contributed by atoms with Gasteiger partial charge in [-0.05, 0) is 48.2 Å². The van der Waals surface area contributed by atoms with Gasteiger partial charge in [-0.15, -0.1) is 11.3 Å². The molecule has 5 nitrogen and oxygen atoms in total. The molecule has 0 saturated heterocycles. The molecule has 0 aliphatic carbocycles. The van der Waals surface area contributed by atoms with Crippen molar-refractivity contribution < 1.29 is 17.6 Å². The van der Waals surface area contributed by atoms with Gasteiger partial charge in [-0.1, -0.05) is 35.9 Å². The summed E-state index contributed by atoms with van der Waals surface area (Å²) < 4.78 is 40.7. The van der Waals surface area contributed by atoms with Crippen LogP contribution in [0.4, 0.5) is 10.1 Å². The van der Waals surface area contributed by atoms with Crippen molar-refractivity contribution in [3.05, 3.63) is 83.0 Å². The van der Waals surface area contributed by atoms with Gasteiger partial charge in [-0.25, -0.2) is 12.8 Å². The highest BCUT2D eigenvalue weighted by molar-refractivity contribution is 7.94. The molecule has 0 N–H and O–H groups in total. The maximum absolute atomic E-state index is 13.3. The topological polar surface area (TPSA) is 57.7 Å². The molecule has 0 aliphatic heterocycles. The summed E-state index contributed by atoms with van der Waals surface area (Å²) in [6.07, 6.45) is 0. The Bertz CT molecular complexity index is 1060. The molecule has 29 heavy (non-hydrogen) atoms. The molecule has 3 aromatic rings. The van der Waals surface area contributed by atoms with Crippen LogP contribution in [0.3, 0.4) is 0 Å². The van der Waals surface area contributed by atoms with Crippen LogP contribution in [0.15, 0.2) is 70.3 Å². The number of likely N-dealkylation sites (N-methyl/N-ethyl adjacent to an activating group) is 1. The number of amides is 1. The van der Waals surface area contributed by atoms with E-state index in [0.717, 1.165) is 26.8 Å². The number of sulfonamides is 1. The first-order chi connectivity index (χ1) is 13.8. The van der Waals surface area contributed by atoms with Crippen LogP contribution in [0, 0.1) is 12.7 Å². The number of aryl methyl sites for hydroxylation is 1. The third-order valence-electron chi connectivity index (χ3n) is 4.40. The summed E-state index contributed by atoms with van der Waals surface area (Å²) in [7, 11) is -2.32. The number of hydrogen-bond donors (Lipinski definition) is 0. The first kappa shape index (κ1) is 21.0. The first-order valence-electron chi connectivity index (χ1n) is 8.89. The second kappa shape index (κ2) is 8.75. The minimum absolute atomic E-state index is 0.121. The quantitative estimate of drug-likeness (QED) is 0.566. The molecule has 152 valence electrons. The van der Waals surface area contributed by atoms with Gasteiger partial charge in [-0.2, -0.15) is 0 Å². The molecule has 0 aliphatic rings. The van der Waals surface area contributed by atoms with Crippen molar-refractivity contribution in [2.75, 3.05) is 17.9 Å². The minimum atomic E-state index is -3.95. The summed E-state index contributed by atoms with van der Waals surface area (Å²) in [6.45, 7) is 1.96. The molecule has 1 aromatic heterocycles. The van der Waals surface area contributed by atoms with Crippen molar-refractivity contribution in [3.8, 4) is 0 Å². The molecular weight excluding hydrogens is 411 g/mol. The zero-order valence-electron chi connectivity index (χ0n) is 16.1. The van der Waals surface area contributed by atoms with Gasteiger partial charge in [0.1, 0.15) is 16.6 Å². The van der Waals surface area contributed by atoms with E-state index in [4.69, 9.17) is 0 Å². The second-order valence-electron chi connectivity index (χ2n) is 6.66. The van der Waals surface area contributed by atoms with Gasteiger partial charge < -0.3 is 4.90 Å². The van der Waals surface area contributed by atoms with Gasteiger partial charge in [0, 0.05) is 13.6 Å². The zero-order chi connectivity index (χ0) is 21.0. The lowest BCUT2D eigenvalue weighted by molar-refractivity contribution is -0.128. The molecule has 0 atom stereocenters. The highest BCUT2D eigenvalue weighted by atomic mass is 32.2. The Labute approximate surface area is 174 Å². The average Bonchev–Trinajstić information content (AvgIpc) is 3.24. The summed E-state index contributed by atoms with van der Waals surface area (Å²) in [4.78, 5) is 14.3. The maximum atomic E-state index is 13.3. The standard InChI is InChI=1S/C21H21FN2O3S2/c1-16-5-7-17(8-6-16)14-23(2)20(25)15-24(19-11-9-18(22)10-12-19)29(26,27)21-4-3-13-28-21/h3-13H,14-15H2,1-2H3. The fourth-order valence-electron chi connectivity index (χ4n) is 2.74. The molecule has 3 rings (SSSR count). The third kappa shape index (κ3) is 5.02. The summed E-state index contributed by atoms with van der Waals surface area (Å²) in [5.74, 6) is -0.847. The van der Waals surface area contributed by atoms with Crippen LogP contribution in [0.1, 0.15) is 11.1 Å². The summed E-state index contributed by atoms with van der Waals surface area (Å²) in [5, 5.41) is 1.65. The number of hydrogen-bond acceptors (Lipinski definition) is 4. The van der Waals surface area contributed by atoms with Crippen molar-refractivity contribution in [2.45, 2.75) is 17.7 Å². The SMILES string of the molecule is Cc1ccc(CN(C)C(=O)CN(c2ccc(F)cc2)S(=O)(=O)c2cccs2)cc1. The van der Waals surface area contributed by atoms with E-state index < -0.39 is 15.8 Å². The van der Waals surface area contributed by atoms with Gasteiger partial charge in [0.05, 0.1) is 5.69 Å². The van der Waals surface area contributed by atoms with Crippen molar-refractivity contribution in [2.24, 2.45) is 0 Å². The Morgan fingerprint density at radius 1 is 1.03 bits per heavy atom. The van der Waals surface area contributed by atoms with E-state index in [1.54, 1.807) is 18.5 Å². The Kier molecular flexibility index (Phi) is 6.34. The van der Waals surface area contributed by atoms with Crippen LogP contribution in [-0.2, 0) is 21.4 Å². The van der Waals surface area contributed by atoms with E-state index in [1.807, 2.05) is 31.2 Å². The molecule has 0 radical (unpaired) electrons. The molecular formula is C21H21FN2O3S2. The molecule has 0 bridgehead atoms. The fourth-order valence-corrected chi connectivity index (χ4v) is 5.26. The monoisotopic (exact) mass is 432 g/mol. The van der Waals surface area contributed by atoms with Gasteiger partial charge in [0.2, 0.25) is 5.91 Å². The molecule has 0 unspecified atom stereocenters. The van der Waals surface area contributed by atoms with E-state index >= 15 is 0 Å². The number of benzene rings is 2. The van der Waals surface area contributed by atoms with Crippen molar-refractivity contribution in [1.82, 2.24) is 4.90 Å². The number of anilines is 1. The molecule has 8 heteroatoms. The van der Waals surface area contributed by atoms with Gasteiger partial charge in [0.25, 0.3) is 10.0 Å². The van der Waals surface area contributed by atoms with Crippen LogP contribution >= 0.6 is 11.3 Å². The van der Waals surface area contributed by atoms with E-state index in [-0.39, 0.29) is 22.3 Å². The molecule has 0 saturated carbocycles. The van der Waals surface area contributed by atoms with Crippen LogP contribution in [0.5, 0.6) is 0 Å².